The fraction of sp³-hybridized carbons (Fsp3) is 0.500. The molecule has 3 aromatic rings. The van der Waals surface area contributed by atoms with Gasteiger partial charge in [0.15, 0.2) is 5.82 Å². The standard InChI is InChI=1S/C28H37FN8O3/c1-28(26(38)30-11-12-35(2)3)17-39-25(40-18-28)24-33-22(19-5-7-20(29)8-6-19)23(34-24)21-9-10-31-27(32-21)37-15-13-36(4)14-16-37/h5-10,25H,11-18H2,1-4H3,(H,30,38)(H,33,34). The molecule has 2 saturated heterocycles. The first-order chi connectivity index (χ1) is 19.2. The second-order valence-electron chi connectivity index (χ2n) is 11.0. The van der Waals surface area contributed by atoms with Gasteiger partial charge < -0.3 is 34.5 Å². The van der Waals surface area contributed by atoms with Gasteiger partial charge in [0.25, 0.3) is 0 Å². The number of piperazine rings is 1. The topological polar surface area (TPSA) is 112 Å². The van der Waals surface area contributed by atoms with Gasteiger partial charge in [-0.1, -0.05) is 0 Å². The number of carbonyl (C=O) groups is 1. The Hall–Kier alpha value is -3.45. The van der Waals surface area contributed by atoms with E-state index in [0.29, 0.717) is 35.4 Å². The summed E-state index contributed by atoms with van der Waals surface area (Å²) in [7, 11) is 6.01. The molecule has 2 N–H and O–H groups in total. The van der Waals surface area contributed by atoms with E-state index < -0.39 is 11.7 Å². The van der Waals surface area contributed by atoms with Gasteiger partial charge in [-0.05, 0) is 58.4 Å². The Bertz CT molecular complexity index is 1300. The van der Waals surface area contributed by atoms with Gasteiger partial charge >= 0.3 is 0 Å². The number of halogens is 1. The van der Waals surface area contributed by atoms with Crippen molar-refractivity contribution in [2.24, 2.45) is 5.41 Å². The fourth-order valence-electron chi connectivity index (χ4n) is 4.66. The van der Waals surface area contributed by atoms with E-state index in [1.54, 1.807) is 18.3 Å². The van der Waals surface area contributed by atoms with E-state index in [0.717, 1.165) is 38.3 Å². The van der Waals surface area contributed by atoms with Crippen LogP contribution in [0.15, 0.2) is 36.5 Å². The summed E-state index contributed by atoms with van der Waals surface area (Å²) in [5.74, 6) is 0.650. The van der Waals surface area contributed by atoms with Crippen LogP contribution in [0.1, 0.15) is 19.0 Å². The third-order valence-electron chi connectivity index (χ3n) is 7.25. The van der Waals surface area contributed by atoms with Crippen molar-refractivity contribution in [3.05, 3.63) is 48.2 Å². The van der Waals surface area contributed by atoms with Gasteiger partial charge in [-0.25, -0.2) is 19.3 Å². The zero-order chi connectivity index (χ0) is 28.3. The molecule has 0 saturated carbocycles. The lowest BCUT2D eigenvalue weighted by molar-refractivity contribution is -0.231. The number of nitrogens with zero attached hydrogens (tertiary/aromatic N) is 6. The quantitative estimate of drug-likeness (QED) is 0.434. The molecule has 0 spiro atoms. The maximum absolute atomic E-state index is 13.7. The minimum Gasteiger partial charge on any atom is -0.354 e. The molecule has 0 unspecified atom stereocenters. The molecule has 2 aliphatic heterocycles. The molecule has 40 heavy (non-hydrogen) atoms. The minimum absolute atomic E-state index is 0.114. The number of ether oxygens (including phenoxy) is 2. The summed E-state index contributed by atoms with van der Waals surface area (Å²) in [5.41, 5.74) is 1.81. The molecule has 5 rings (SSSR count). The lowest BCUT2D eigenvalue weighted by Gasteiger charge is -2.35. The molecule has 2 aliphatic rings. The van der Waals surface area contributed by atoms with Crippen molar-refractivity contribution >= 4 is 11.9 Å². The molecule has 4 heterocycles. The summed E-state index contributed by atoms with van der Waals surface area (Å²) >= 11 is 0. The predicted octanol–water partition coefficient (Wildman–Crippen LogP) is 2.15. The van der Waals surface area contributed by atoms with Gasteiger partial charge in [0.05, 0.1) is 35.7 Å². The zero-order valence-electron chi connectivity index (χ0n) is 23.5. The van der Waals surface area contributed by atoms with Crippen LogP contribution in [0.2, 0.25) is 0 Å². The lowest BCUT2D eigenvalue weighted by atomic mass is 9.91. The molecule has 0 bridgehead atoms. The third kappa shape index (κ3) is 6.30. The van der Waals surface area contributed by atoms with Crippen molar-refractivity contribution < 1.29 is 18.7 Å². The van der Waals surface area contributed by atoms with Crippen molar-refractivity contribution in [3.63, 3.8) is 0 Å². The van der Waals surface area contributed by atoms with E-state index in [9.17, 15) is 9.18 Å². The van der Waals surface area contributed by atoms with Crippen LogP contribution in [0.3, 0.4) is 0 Å². The zero-order valence-corrected chi connectivity index (χ0v) is 23.5. The van der Waals surface area contributed by atoms with Gasteiger partial charge in [0.2, 0.25) is 18.1 Å². The van der Waals surface area contributed by atoms with Crippen LogP contribution in [0, 0.1) is 11.2 Å². The number of amides is 1. The maximum atomic E-state index is 13.7. The number of hydrogen-bond acceptors (Lipinski definition) is 9. The number of anilines is 1. The highest BCUT2D eigenvalue weighted by Crippen LogP contribution is 2.35. The Morgan fingerprint density at radius 1 is 1.12 bits per heavy atom. The smallest absolute Gasteiger partial charge is 0.230 e. The largest absolute Gasteiger partial charge is 0.354 e. The summed E-state index contributed by atoms with van der Waals surface area (Å²) in [4.78, 5) is 36.8. The number of carbonyl (C=O) groups excluding carboxylic acids is 1. The van der Waals surface area contributed by atoms with E-state index in [-0.39, 0.29) is 24.9 Å². The number of likely N-dealkylation sites (N-methyl/N-ethyl adjacent to an activating group) is 2. The van der Waals surface area contributed by atoms with Crippen molar-refractivity contribution in [2.45, 2.75) is 13.2 Å². The highest BCUT2D eigenvalue weighted by molar-refractivity contribution is 5.82. The fourth-order valence-corrected chi connectivity index (χ4v) is 4.66. The molecule has 2 fully saturated rings. The molecule has 2 aromatic heterocycles. The number of imidazole rings is 1. The molecule has 12 heteroatoms. The number of benzene rings is 1. The van der Waals surface area contributed by atoms with Crippen LogP contribution in [-0.2, 0) is 14.3 Å². The van der Waals surface area contributed by atoms with E-state index in [2.05, 4.69) is 32.1 Å². The van der Waals surface area contributed by atoms with Gasteiger partial charge in [-0.15, -0.1) is 0 Å². The normalized spacial score (nSPS) is 22.1. The van der Waals surface area contributed by atoms with Crippen LogP contribution in [-0.4, -0.2) is 109 Å². The number of H-pyrrole nitrogens is 1. The van der Waals surface area contributed by atoms with Crippen molar-refractivity contribution in [1.82, 2.24) is 35.1 Å². The number of nitrogens with one attached hydrogen (secondary N) is 2. The Morgan fingerprint density at radius 3 is 2.50 bits per heavy atom. The molecular weight excluding hydrogens is 515 g/mol. The van der Waals surface area contributed by atoms with Gasteiger partial charge in [-0.2, -0.15) is 0 Å². The second-order valence-corrected chi connectivity index (χ2v) is 11.0. The van der Waals surface area contributed by atoms with Gasteiger partial charge in [-0.3, -0.25) is 4.79 Å². The summed E-state index contributed by atoms with van der Waals surface area (Å²) < 4.78 is 25.8. The Morgan fingerprint density at radius 2 is 1.82 bits per heavy atom. The van der Waals surface area contributed by atoms with E-state index in [4.69, 9.17) is 19.4 Å². The summed E-state index contributed by atoms with van der Waals surface area (Å²) in [6.45, 7) is 7.01. The molecule has 0 aliphatic carbocycles. The average molecular weight is 553 g/mol. The first-order valence-electron chi connectivity index (χ1n) is 13.5. The molecule has 214 valence electrons. The number of rotatable bonds is 8. The SMILES string of the molecule is CN(C)CCNC(=O)C1(C)COC(c2nc(-c3ccc(F)cc3)c(-c3ccnc(N4CCN(C)CC4)n3)[nH]2)OC1. The van der Waals surface area contributed by atoms with Crippen LogP contribution in [0.4, 0.5) is 10.3 Å². The summed E-state index contributed by atoms with van der Waals surface area (Å²) in [5, 5.41) is 2.96. The second kappa shape index (κ2) is 12.0. The molecule has 0 radical (unpaired) electrons. The van der Waals surface area contributed by atoms with Crippen LogP contribution < -0.4 is 10.2 Å². The van der Waals surface area contributed by atoms with E-state index in [1.165, 1.54) is 12.1 Å². The number of aromatic amines is 1. The first-order valence-corrected chi connectivity index (χ1v) is 13.5. The number of aromatic nitrogens is 4. The predicted molar refractivity (Wildman–Crippen MR) is 149 cm³/mol. The monoisotopic (exact) mass is 552 g/mol. The summed E-state index contributed by atoms with van der Waals surface area (Å²) in [6, 6.07) is 7.98. The van der Waals surface area contributed by atoms with Crippen LogP contribution >= 0.6 is 0 Å². The Balaban J connectivity index is 1.38. The molecule has 1 amide bonds. The van der Waals surface area contributed by atoms with Crippen molar-refractivity contribution in [2.75, 3.05) is 78.5 Å². The van der Waals surface area contributed by atoms with Crippen LogP contribution in [0.5, 0.6) is 0 Å². The average Bonchev–Trinajstić information content (AvgIpc) is 3.39. The maximum Gasteiger partial charge on any atom is 0.230 e. The summed E-state index contributed by atoms with van der Waals surface area (Å²) in [6.07, 6.45) is 0.938. The molecule has 11 nitrogen and oxygen atoms in total. The van der Waals surface area contributed by atoms with Gasteiger partial charge in [0.1, 0.15) is 5.82 Å². The van der Waals surface area contributed by atoms with E-state index >= 15 is 0 Å². The lowest BCUT2D eigenvalue weighted by Crippen LogP contribution is -2.49. The van der Waals surface area contributed by atoms with Crippen molar-refractivity contribution in [1.29, 1.82) is 0 Å². The third-order valence-corrected chi connectivity index (χ3v) is 7.25. The highest BCUT2D eigenvalue weighted by Gasteiger charge is 2.40. The Kier molecular flexibility index (Phi) is 8.40. The highest BCUT2D eigenvalue weighted by atomic mass is 19.1. The Labute approximate surface area is 233 Å². The van der Waals surface area contributed by atoms with E-state index in [1.807, 2.05) is 32.0 Å². The minimum atomic E-state index is -0.817. The van der Waals surface area contributed by atoms with Crippen LogP contribution in [0.25, 0.3) is 22.6 Å². The molecular formula is C28H37FN8O3. The number of hydrogen-bond donors (Lipinski definition) is 2. The first kappa shape index (κ1) is 28.1. The van der Waals surface area contributed by atoms with Gasteiger partial charge in [0, 0.05) is 51.0 Å². The molecule has 1 aromatic carbocycles. The molecule has 0 atom stereocenters. The van der Waals surface area contributed by atoms with Crippen molar-refractivity contribution in [3.8, 4) is 22.6 Å².